The number of esters is 1. The standard InChI is InChI=1S/C14H24O2S/c1-9-4-5-11-10(2)8-17-13(12(11)6-9)7-14(15)16-3/h9-13H,4-8H2,1-3H3/t9-,10-,11+,12-,13?/m1/s1. The van der Waals surface area contributed by atoms with E-state index in [9.17, 15) is 4.79 Å². The lowest BCUT2D eigenvalue weighted by Crippen LogP contribution is -2.41. The van der Waals surface area contributed by atoms with Crippen molar-refractivity contribution in [3.05, 3.63) is 0 Å². The Morgan fingerprint density at radius 2 is 2.06 bits per heavy atom. The van der Waals surface area contributed by atoms with Crippen molar-refractivity contribution in [1.29, 1.82) is 0 Å². The highest BCUT2D eigenvalue weighted by Gasteiger charge is 2.41. The number of carbonyl (C=O) groups excluding carboxylic acids is 1. The number of hydrogen-bond donors (Lipinski definition) is 0. The van der Waals surface area contributed by atoms with Crippen molar-refractivity contribution in [2.45, 2.75) is 44.8 Å². The van der Waals surface area contributed by atoms with Crippen LogP contribution in [0.25, 0.3) is 0 Å². The third-order valence-corrected chi connectivity index (χ3v) is 6.26. The minimum absolute atomic E-state index is 0.0333. The van der Waals surface area contributed by atoms with Gasteiger partial charge in [-0.05, 0) is 42.3 Å². The molecule has 1 saturated heterocycles. The van der Waals surface area contributed by atoms with Crippen molar-refractivity contribution in [1.82, 2.24) is 0 Å². The van der Waals surface area contributed by atoms with Gasteiger partial charge in [-0.3, -0.25) is 4.79 Å². The zero-order valence-electron chi connectivity index (χ0n) is 11.1. The monoisotopic (exact) mass is 256 g/mol. The van der Waals surface area contributed by atoms with Gasteiger partial charge in [0.05, 0.1) is 13.5 Å². The highest BCUT2D eigenvalue weighted by molar-refractivity contribution is 8.00. The Balaban J connectivity index is 2.03. The Morgan fingerprint density at radius 3 is 2.76 bits per heavy atom. The quantitative estimate of drug-likeness (QED) is 0.709. The summed E-state index contributed by atoms with van der Waals surface area (Å²) in [5.41, 5.74) is 0. The van der Waals surface area contributed by atoms with Gasteiger partial charge in [0, 0.05) is 5.25 Å². The minimum Gasteiger partial charge on any atom is -0.469 e. The first kappa shape index (κ1) is 13.3. The first-order chi connectivity index (χ1) is 8.11. The van der Waals surface area contributed by atoms with E-state index < -0.39 is 0 Å². The van der Waals surface area contributed by atoms with Crippen molar-refractivity contribution in [2.24, 2.45) is 23.7 Å². The summed E-state index contributed by atoms with van der Waals surface area (Å²) < 4.78 is 4.83. The fourth-order valence-electron chi connectivity index (χ4n) is 3.56. The van der Waals surface area contributed by atoms with Crippen LogP contribution in [0.4, 0.5) is 0 Å². The second kappa shape index (κ2) is 5.64. The topological polar surface area (TPSA) is 26.3 Å². The summed E-state index contributed by atoms with van der Waals surface area (Å²) in [6, 6.07) is 0. The number of rotatable bonds is 2. The van der Waals surface area contributed by atoms with Gasteiger partial charge < -0.3 is 4.74 Å². The van der Waals surface area contributed by atoms with Crippen LogP contribution < -0.4 is 0 Å². The molecule has 5 atom stereocenters. The highest BCUT2D eigenvalue weighted by atomic mass is 32.2. The highest BCUT2D eigenvalue weighted by Crippen LogP contribution is 2.48. The lowest BCUT2D eigenvalue weighted by atomic mass is 9.68. The molecule has 0 bridgehead atoms. The molecule has 1 aliphatic carbocycles. The summed E-state index contributed by atoms with van der Waals surface area (Å²) in [6.45, 7) is 4.74. The van der Waals surface area contributed by atoms with E-state index in [1.807, 2.05) is 11.8 Å². The van der Waals surface area contributed by atoms with E-state index in [1.54, 1.807) is 0 Å². The summed E-state index contributed by atoms with van der Waals surface area (Å²) in [6.07, 6.45) is 4.66. The molecule has 2 nitrogen and oxygen atoms in total. The number of hydrogen-bond acceptors (Lipinski definition) is 3. The van der Waals surface area contributed by atoms with Crippen molar-refractivity contribution >= 4 is 17.7 Å². The van der Waals surface area contributed by atoms with Gasteiger partial charge in [0.1, 0.15) is 0 Å². The van der Waals surface area contributed by atoms with Gasteiger partial charge in [-0.2, -0.15) is 11.8 Å². The predicted octanol–water partition coefficient (Wildman–Crippen LogP) is 3.35. The molecule has 2 aliphatic rings. The zero-order valence-corrected chi connectivity index (χ0v) is 12.0. The SMILES string of the molecule is COC(=O)CC1SC[C@@H](C)[C@@H]2CC[C@@H](C)C[C@@H]12. The Morgan fingerprint density at radius 1 is 1.29 bits per heavy atom. The van der Waals surface area contributed by atoms with Gasteiger partial charge >= 0.3 is 5.97 Å². The smallest absolute Gasteiger partial charge is 0.306 e. The molecule has 2 fully saturated rings. The van der Waals surface area contributed by atoms with Crippen molar-refractivity contribution in [2.75, 3.05) is 12.9 Å². The van der Waals surface area contributed by atoms with E-state index in [2.05, 4.69) is 13.8 Å². The molecule has 0 spiro atoms. The molecule has 3 heteroatoms. The summed E-state index contributed by atoms with van der Waals surface area (Å²) >= 11 is 2.00. The fourth-order valence-corrected chi connectivity index (χ4v) is 5.17. The maximum absolute atomic E-state index is 11.5. The molecule has 0 radical (unpaired) electrons. The van der Waals surface area contributed by atoms with Crippen LogP contribution in [0.3, 0.4) is 0 Å². The molecular weight excluding hydrogens is 232 g/mol. The van der Waals surface area contributed by atoms with E-state index in [0.717, 1.165) is 23.7 Å². The Bertz CT molecular complexity index is 279. The molecule has 1 aliphatic heterocycles. The van der Waals surface area contributed by atoms with E-state index >= 15 is 0 Å². The number of thioether (sulfide) groups is 1. The molecule has 1 heterocycles. The molecule has 17 heavy (non-hydrogen) atoms. The first-order valence-corrected chi connectivity index (χ1v) is 7.85. The maximum Gasteiger partial charge on any atom is 0.306 e. The van der Waals surface area contributed by atoms with Gasteiger partial charge in [0.2, 0.25) is 0 Å². The van der Waals surface area contributed by atoms with Gasteiger partial charge in [0.15, 0.2) is 0 Å². The minimum atomic E-state index is -0.0333. The molecule has 2 rings (SSSR count). The number of methoxy groups -OCH3 is 1. The van der Waals surface area contributed by atoms with Crippen LogP contribution in [0, 0.1) is 23.7 Å². The van der Waals surface area contributed by atoms with Crippen LogP contribution in [0.15, 0.2) is 0 Å². The van der Waals surface area contributed by atoms with Crippen molar-refractivity contribution in [3.8, 4) is 0 Å². The average molecular weight is 256 g/mol. The van der Waals surface area contributed by atoms with Crippen LogP contribution in [0.5, 0.6) is 0 Å². The second-order valence-corrected chi connectivity index (χ2v) is 7.15. The zero-order chi connectivity index (χ0) is 12.4. The summed E-state index contributed by atoms with van der Waals surface area (Å²) in [5, 5.41) is 0.506. The van der Waals surface area contributed by atoms with E-state index in [-0.39, 0.29) is 5.97 Å². The molecular formula is C14H24O2S. The normalized spacial score (nSPS) is 41.7. The maximum atomic E-state index is 11.5. The fraction of sp³-hybridized carbons (Fsp3) is 0.929. The molecule has 0 amide bonds. The van der Waals surface area contributed by atoms with Gasteiger partial charge in [-0.15, -0.1) is 0 Å². The van der Waals surface area contributed by atoms with Crippen LogP contribution >= 0.6 is 11.8 Å². The number of ether oxygens (including phenoxy) is 1. The largest absolute Gasteiger partial charge is 0.469 e. The Hall–Kier alpha value is -0.180. The molecule has 0 aromatic heterocycles. The van der Waals surface area contributed by atoms with E-state index in [1.165, 1.54) is 32.1 Å². The van der Waals surface area contributed by atoms with Crippen molar-refractivity contribution < 1.29 is 9.53 Å². The molecule has 0 aromatic rings. The lowest BCUT2D eigenvalue weighted by molar-refractivity contribution is -0.141. The third-order valence-electron chi connectivity index (χ3n) is 4.59. The van der Waals surface area contributed by atoms with Gasteiger partial charge in [0.25, 0.3) is 0 Å². The number of carbonyl (C=O) groups is 1. The molecule has 98 valence electrons. The summed E-state index contributed by atoms with van der Waals surface area (Å²) in [7, 11) is 1.50. The van der Waals surface area contributed by atoms with E-state index in [0.29, 0.717) is 11.7 Å². The van der Waals surface area contributed by atoms with E-state index in [4.69, 9.17) is 4.74 Å². The lowest BCUT2D eigenvalue weighted by Gasteiger charge is -2.46. The van der Waals surface area contributed by atoms with Crippen molar-refractivity contribution in [3.63, 3.8) is 0 Å². The van der Waals surface area contributed by atoms with Gasteiger partial charge in [-0.1, -0.05) is 20.3 Å². The first-order valence-electron chi connectivity index (χ1n) is 6.80. The number of fused-ring (bicyclic) bond motifs is 1. The Kier molecular flexibility index (Phi) is 4.40. The van der Waals surface area contributed by atoms with Crippen LogP contribution in [-0.4, -0.2) is 24.1 Å². The van der Waals surface area contributed by atoms with Gasteiger partial charge in [-0.25, -0.2) is 0 Å². The summed E-state index contributed by atoms with van der Waals surface area (Å²) in [4.78, 5) is 11.5. The van der Waals surface area contributed by atoms with Crippen LogP contribution in [0.2, 0.25) is 0 Å². The Labute approximate surface area is 109 Å². The molecule has 0 N–H and O–H groups in total. The molecule has 1 saturated carbocycles. The average Bonchev–Trinajstić information content (AvgIpc) is 2.32. The summed E-state index contributed by atoms with van der Waals surface area (Å²) in [5.74, 6) is 4.44. The molecule has 0 aromatic carbocycles. The van der Waals surface area contributed by atoms with Crippen LogP contribution in [0.1, 0.15) is 39.5 Å². The third kappa shape index (κ3) is 2.98. The predicted molar refractivity (Wildman–Crippen MR) is 72.0 cm³/mol. The van der Waals surface area contributed by atoms with Crippen LogP contribution in [-0.2, 0) is 9.53 Å². The molecule has 1 unspecified atom stereocenters. The second-order valence-electron chi connectivity index (χ2n) is 5.88.